The summed E-state index contributed by atoms with van der Waals surface area (Å²) in [5.41, 5.74) is 2.05. The average Bonchev–Trinajstić information content (AvgIpc) is 2.68. The highest BCUT2D eigenvalue weighted by molar-refractivity contribution is 5.76. The van der Waals surface area contributed by atoms with Gasteiger partial charge < -0.3 is 10.4 Å². The van der Waals surface area contributed by atoms with E-state index in [1.165, 1.54) is 0 Å². The van der Waals surface area contributed by atoms with Gasteiger partial charge in [-0.2, -0.15) is 5.10 Å². The second-order valence-electron chi connectivity index (χ2n) is 5.43. The monoisotopic (exact) mass is 265 g/mol. The van der Waals surface area contributed by atoms with Crippen molar-refractivity contribution in [2.75, 3.05) is 0 Å². The van der Waals surface area contributed by atoms with Gasteiger partial charge >= 0.3 is 0 Å². The van der Waals surface area contributed by atoms with Crippen LogP contribution in [0.4, 0.5) is 0 Å². The fourth-order valence-corrected chi connectivity index (χ4v) is 2.67. The minimum absolute atomic E-state index is 0.00139. The van der Waals surface area contributed by atoms with Gasteiger partial charge in [0, 0.05) is 18.7 Å². The molecule has 5 heteroatoms. The predicted molar refractivity (Wildman–Crippen MR) is 72.7 cm³/mol. The Morgan fingerprint density at radius 1 is 1.47 bits per heavy atom. The van der Waals surface area contributed by atoms with E-state index < -0.39 is 0 Å². The van der Waals surface area contributed by atoms with Gasteiger partial charge in [0.1, 0.15) is 0 Å². The highest BCUT2D eigenvalue weighted by Crippen LogP contribution is 2.18. The van der Waals surface area contributed by atoms with E-state index in [1.807, 2.05) is 24.6 Å². The van der Waals surface area contributed by atoms with E-state index in [0.29, 0.717) is 13.0 Å². The summed E-state index contributed by atoms with van der Waals surface area (Å²) in [7, 11) is 0. The van der Waals surface area contributed by atoms with Gasteiger partial charge in [0.2, 0.25) is 5.91 Å². The summed E-state index contributed by atoms with van der Waals surface area (Å²) in [4.78, 5) is 11.9. The summed E-state index contributed by atoms with van der Waals surface area (Å²) in [5.74, 6) is -0.00139. The number of aliphatic hydroxyl groups is 1. The van der Waals surface area contributed by atoms with Gasteiger partial charge in [0.25, 0.3) is 0 Å². The number of aliphatic hydroxyl groups excluding tert-OH is 1. The summed E-state index contributed by atoms with van der Waals surface area (Å²) in [6.45, 7) is 4.53. The number of aromatic nitrogens is 2. The van der Waals surface area contributed by atoms with E-state index in [0.717, 1.165) is 37.1 Å². The molecule has 1 aliphatic rings. The molecule has 5 nitrogen and oxygen atoms in total. The number of carbonyl (C=O) groups excluding carboxylic acids is 1. The van der Waals surface area contributed by atoms with Crippen molar-refractivity contribution >= 4 is 5.91 Å². The quantitative estimate of drug-likeness (QED) is 0.862. The first-order chi connectivity index (χ1) is 9.06. The SMILES string of the molecule is Cc1cc(C)n(CCC(=O)NC2CCCCC2O)n1. The maximum absolute atomic E-state index is 11.9. The van der Waals surface area contributed by atoms with E-state index in [-0.39, 0.29) is 18.1 Å². The standard InChI is InChI=1S/C14H23N3O2/c1-10-9-11(2)17(16-10)8-7-14(19)15-12-5-3-4-6-13(12)18/h9,12-13,18H,3-8H2,1-2H3,(H,15,19). The van der Waals surface area contributed by atoms with Crippen LogP contribution in [0.15, 0.2) is 6.07 Å². The first-order valence-corrected chi connectivity index (χ1v) is 7.05. The second kappa shape index (κ2) is 6.19. The molecule has 1 saturated carbocycles. The van der Waals surface area contributed by atoms with Crippen LogP contribution in [0, 0.1) is 13.8 Å². The van der Waals surface area contributed by atoms with E-state index >= 15 is 0 Å². The Balaban J connectivity index is 1.79. The van der Waals surface area contributed by atoms with Crippen molar-refractivity contribution in [1.29, 1.82) is 0 Å². The molecule has 19 heavy (non-hydrogen) atoms. The van der Waals surface area contributed by atoms with Gasteiger partial charge in [0.05, 0.1) is 17.8 Å². The zero-order chi connectivity index (χ0) is 13.8. The van der Waals surface area contributed by atoms with Crippen LogP contribution in [-0.2, 0) is 11.3 Å². The van der Waals surface area contributed by atoms with Gasteiger partial charge in [-0.3, -0.25) is 9.48 Å². The van der Waals surface area contributed by atoms with Crippen molar-refractivity contribution in [3.63, 3.8) is 0 Å². The minimum Gasteiger partial charge on any atom is -0.391 e. The molecule has 1 aromatic heterocycles. The van der Waals surface area contributed by atoms with Crippen molar-refractivity contribution < 1.29 is 9.90 Å². The fourth-order valence-electron chi connectivity index (χ4n) is 2.67. The zero-order valence-electron chi connectivity index (χ0n) is 11.7. The molecule has 2 unspecified atom stereocenters. The van der Waals surface area contributed by atoms with Gasteiger partial charge in [0.15, 0.2) is 0 Å². The molecule has 2 atom stereocenters. The van der Waals surface area contributed by atoms with Crippen LogP contribution in [0.25, 0.3) is 0 Å². The normalized spacial score (nSPS) is 23.3. The summed E-state index contributed by atoms with van der Waals surface area (Å²) in [6.07, 6.45) is 3.84. The molecule has 0 aromatic carbocycles. The van der Waals surface area contributed by atoms with E-state index in [4.69, 9.17) is 0 Å². The Labute approximate surface area is 114 Å². The fraction of sp³-hybridized carbons (Fsp3) is 0.714. The molecule has 106 valence electrons. The van der Waals surface area contributed by atoms with Crippen LogP contribution >= 0.6 is 0 Å². The highest BCUT2D eigenvalue weighted by atomic mass is 16.3. The first-order valence-electron chi connectivity index (χ1n) is 7.05. The van der Waals surface area contributed by atoms with Crippen molar-refractivity contribution in [1.82, 2.24) is 15.1 Å². The topological polar surface area (TPSA) is 67.2 Å². The maximum atomic E-state index is 11.9. The van der Waals surface area contributed by atoms with E-state index in [1.54, 1.807) is 0 Å². The zero-order valence-corrected chi connectivity index (χ0v) is 11.7. The number of rotatable bonds is 4. The van der Waals surface area contributed by atoms with Crippen LogP contribution in [0.3, 0.4) is 0 Å². The number of carbonyl (C=O) groups is 1. The highest BCUT2D eigenvalue weighted by Gasteiger charge is 2.24. The Morgan fingerprint density at radius 2 is 2.21 bits per heavy atom. The lowest BCUT2D eigenvalue weighted by Gasteiger charge is -2.28. The van der Waals surface area contributed by atoms with Gasteiger partial charge in [-0.05, 0) is 32.8 Å². The second-order valence-corrected chi connectivity index (χ2v) is 5.43. The average molecular weight is 265 g/mol. The number of hydrogen-bond acceptors (Lipinski definition) is 3. The third-order valence-electron chi connectivity index (χ3n) is 3.73. The third-order valence-corrected chi connectivity index (χ3v) is 3.73. The molecule has 1 aliphatic carbocycles. The van der Waals surface area contributed by atoms with Crippen molar-refractivity contribution in [3.8, 4) is 0 Å². The summed E-state index contributed by atoms with van der Waals surface area (Å²) >= 11 is 0. The van der Waals surface area contributed by atoms with Gasteiger partial charge in [-0.25, -0.2) is 0 Å². The molecule has 2 N–H and O–H groups in total. The van der Waals surface area contributed by atoms with Crippen molar-refractivity contribution in [2.24, 2.45) is 0 Å². The molecule has 0 aliphatic heterocycles. The van der Waals surface area contributed by atoms with Gasteiger partial charge in [-0.15, -0.1) is 0 Å². The molecular weight excluding hydrogens is 242 g/mol. The van der Waals surface area contributed by atoms with Crippen LogP contribution in [-0.4, -0.2) is 32.9 Å². The number of aryl methyl sites for hydroxylation is 3. The summed E-state index contributed by atoms with van der Waals surface area (Å²) < 4.78 is 1.85. The number of hydrogen-bond donors (Lipinski definition) is 2. The first kappa shape index (κ1) is 14.1. The maximum Gasteiger partial charge on any atom is 0.222 e. The predicted octanol–water partition coefficient (Wildman–Crippen LogP) is 1.31. The Morgan fingerprint density at radius 3 is 2.84 bits per heavy atom. The molecule has 1 aromatic rings. The molecule has 1 fully saturated rings. The van der Waals surface area contributed by atoms with Crippen LogP contribution in [0.1, 0.15) is 43.5 Å². The van der Waals surface area contributed by atoms with Crippen LogP contribution < -0.4 is 5.32 Å². The van der Waals surface area contributed by atoms with Crippen molar-refractivity contribution in [3.05, 3.63) is 17.5 Å². The third kappa shape index (κ3) is 3.80. The van der Waals surface area contributed by atoms with Crippen LogP contribution in [0.5, 0.6) is 0 Å². The molecule has 0 bridgehead atoms. The molecule has 1 amide bonds. The van der Waals surface area contributed by atoms with E-state index in [9.17, 15) is 9.90 Å². The Kier molecular flexibility index (Phi) is 4.58. The number of amides is 1. The summed E-state index contributed by atoms with van der Waals surface area (Å²) in [5, 5.41) is 17.1. The van der Waals surface area contributed by atoms with Crippen LogP contribution in [0.2, 0.25) is 0 Å². The Bertz CT molecular complexity index is 442. The molecule has 1 heterocycles. The van der Waals surface area contributed by atoms with E-state index in [2.05, 4.69) is 10.4 Å². The lowest BCUT2D eigenvalue weighted by Crippen LogP contribution is -2.45. The van der Waals surface area contributed by atoms with Crippen molar-refractivity contribution in [2.45, 2.75) is 64.6 Å². The summed E-state index contributed by atoms with van der Waals surface area (Å²) in [6, 6.07) is 1.93. The molecule has 0 saturated heterocycles. The lowest BCUT2D eigenvalue weighted by molar-refractivity contribution is -0.123. The molecule has 0 radical (unpaired) electrons. The van der Waals surface area contributed by atoms with Gasteiger partial charge in [-0.1, -0.05) is 12.8 Å². The number of nitrogens with zero attached hydrogens (tertiary/aromatic N) is 2. The minimum atomic E-state index is -0.383. The molecule has 2 rings (SSSR count). The largest absolute Gasteiger partial charge is 0.391 e. The lowest BCUT2D eigenvalue weighted by atomic mass is 9.92. The Hall–Kier alpha value is -1.36. The molecular formula is C14H23N3O2. The molecule has 0 spiro atoms. The smallest absolute Gasteiger partial charge is 0.222 e. The number of nitrogens with one attached hydrogen (secondary N) is 1.